The lowest BCUT2D eigenvalue weighted by Gasteiger charge is -2.43. The van der Waals surface area contributed by atoms with Crippen LogP contribution in [0.1, 0.15) is 60.3 Å². The Morgan fingerprint density at radius 3 is 2.39 bits per heavy atom. The minimum atomic E-state index is -0.836. The number of amides is 2. The van der Waals surface area contributed by atoms with Gasteiger partial charge in [-0.2, -0.15) is 0 Å². The molecule has 3 saturated heterocycles. The standard InChI is InChI=1S/C35H51N3O5S/c1-8-13-14-20-43-34(42)29-28-21-24(7)35(44-28)30(29)32(40)38(27(22-39)23(6)10-3)31(35)33(41)37(19-9-2)26-17-15-25(16-18-26)36(11-4)12-5/h8-9,15-18,23-24,27-31,39H,1-2,10-14,19-22H2,3-7H3/t23-,24?,27-,28-,29+,30-,31?,35?/m0/s1. The molecule has 3 fully saturated rings. The summed E-state index contributed by atoms with van der Waals surface area (Å²) in [6.45, 7) is 20.1. The third-order valence-corrected chi connectivity index (χ3v) is 12.3. The van der Waals surface area contributed by atoms with E-state index in [4.69, 9.17) is 4.74 Å². The van der Waals surface area contributed by atoms with Crippen LogP contribution in [0.25, 0.3) is 0 Å². The fourth-order valence-corrected chi connectivity index (χ4v) is 10.1. The van der Waals surface area contributed by atoms with Crippen LogP contribution in [0.15, 0.2) is 49.6 Å². The molecule has 0 radical (unpaired) electrons. The SMILES string of the molecule is C=CCCCOC(=O)[C@@H]1[C@@H]2CC(C)C3(S2)C(C(=O)N(CC=C)c2ccc(N(CC)CC)cc2)N([C@@H](CO)[C@@H](C)CC)C(=O)[C@H]13. The molecule has 242 valence electrons. The number of rotatable bonds is 16. The molecule has 1 aromatic carbocycles. The number of anilines is 2. The van der Waals surface area contributed by atoms with Gasteiger partial charge >= 0.3 is 5.97 Å². The summed E-state index contributed by atoms with van der Waals surface area (Å²) in [5.74, 6) is -2.10. The maximum atomic E-state index is 15.0. The van der Waals surface area contributed by atoms with Crippen LogP contribution in [0.5, 0.6) is 0 Å². The predicted molar refractivity (Wildman–Crippen MR) is 179 cm³/mol. The molecule has 9 heteroatoms. The summed E-state index contributed by atoms with van der Waals surface area (Å²) in [4.78, 5) is 48.9. The molecular weight excluding hydrogens is 574 g/mol. The zero-order chi connectivity index (χ0) is 32.2. The third kappa shape index (κ3) is 5.82. The Hall–Kier alpha value is -2.78. The van der Waals surface area contributed by atoms with E-state index >= 15 is 0 Å². The number of carbonyl (C=O) groups is 3. The Balaban J connectivity index is 1.78. The highest BCUT2D eigenvalue weighted by molar-refractivity contribution is 8.02. The van der Waals surface area contributed by atoms with E-state index in [1.165, 1.54) is 0 Å². The van der Waals surface area contributed by atoms with Gasteiger partial charge in [-0.05, 0) is 69.2 Å². The van der Waals surface area contributed by atoms with Gasteiger partial charge in [0.1, 0.15) is 6.04 Å². The first-order valence-electron chi connectivity index (χ1n) is 16.3. The quantitative estimate of drug-likeness (QED) is 0.151. The molecule has 44 heavy (non-hydrogen) atoms. The lowest BCUT2D eigenvalue weighted by Crippen LogP contribution is -2.60. The molecule has 4 rings (SSSR count). The lowest BCUT2D eigenvalue weighted by atomic mass is 9.66. The number of hydrogen-bond donors (Lipinski definition) is 1. The molecule has 1 aromatic rings. The van der Waals surface area contributed by atoms with Crippen molar-refractivity contribution in [3.05, 3.63) is 49.6 Å². The summed E-state index contributed by atoms with van der Waals surface area (Å²) in [7, 11) is 0. The number of carbonyl (C=O) groups excluding carboxylic acids is 3. The molecule has 2 bridgehead atoms. The number of nitrogens with zero attached hydrogens (tertiary/aromatic N) is 3. The second-order valence-electron chi connectivity index (χ2n) is 12.5. The van der Waals surface area contributed by atoms with Crippen molar-refractivity contribution in [2.24, 2.45) is 23.7 Å². The summed E-state index contributed by atoms with van der Waals surface area (Å²) in [6, 6.07) is 6.57. The fraction of sp³-hybridized carbons (Fsp3) is 0.629. The van der Waals surface area contributed by atoms with E-state index in [1.54, 1.807) is 33.7 Å². The van der Waals surface area contributed by atoms with Gasteiger partial charge in [-0.25, -0.2) is 0 Å². The van der Waals surface area contributed by atoms with Gasteiger partial charge in [-0.15, -0.1) is 24.9 Å². The average Bonchev–Trinajstić information content (AvgIpc) is 3.62. The molecule has 8 nitrogen and oxygen atoms in total. The maximum absolute atomic E-state index is 15.0. The summed E-state index contributed by atoms with van der Waals surface area (Å²) in [5, 5.41) is 10.6. The number of likely N-dealkylation sites (tertiary alicyclic amines) is 1. The predicted octanol–water partition coefficient (Wildman–Crippen LogP) is 5.31. The first kappa shape index (κ1) is 34.1. The summed E-state index contributed by atoms with van der Waals surface area (Å²) >= 11 is 1.63. The lowest BCUT2D eigenvalue weighted by molar-refractivity contribution is -0.155. The third-order valence-electron chi connectivity index (χ3n) is 10.2. The smallest absolute Gasteiger partial charge is 0.310 e. The fourth-order valence-electron chi connectivity index (χ4n) is 7.71. The number of aliphatic hydroxyl groups excluding tert-OH is 1. The Labute approximate surface area is 267 Å². The molecule has 3 heterocycles. The number of esters is 1. The van der Waals surface area contributed by atoms with Crippen LogP contribution in [0.4, 0.5) is 11.4 Å². The first-order chi connectivity index (χ1) is 21.2. The van der Waals surface area contributed by atoms with E-state index in [0.717, 1.165) is 43.7 Å². The molecule has 0 saturated carbocycles. The van der Waals surface area contributed by atoms with E-state index in [9.17, 15) is 19.5 Å². The van der Waals surface area contributed by atoms with E-state index in [0.29, 0.717) is 6.42 Å². The molecular formula is C35H51N3O5S. The van der Waals surface area contributed by atoms with Crippen molar-refractivity contribution in [1.29, 1.82) is 0 Å². The van der Waals surface area contributed by atoms with Gasteiger partial charge < -0.3 is 24.5 Å². The molecule has 3 aliphatic rings. The minimum Gasteiger partial charge on any atom is -0.465 e. The van der Waals surface area contributed by atoms with Crippen LogP contribution < -0.4 is 9.80 Å². The van der Waals surface area contributed by atoms with Gasteiger partial charge in [0.25, 0.3) is 5.91 Å². The zero-order valence-corrected chi connectivity index (χ0v) is 27.9. The summed E-state index contributed by atoms with van der Waals surface area (Å²) < 4.78 is 4.93. The monoisotopic (exact) mass is 625 g/mol. The first-order valence-corrected chi connectivity index (χ1v) is 17.2. The Bertz CT molecular complexity index is 1200. The number of thioether (sulfide) groups is 1. The van der Waals surface area contributed by atoms with Gasteiger partial charge in [0, 0.05) is 36.3 Å². The summed E-state index contributed by atoms with van der Waals surface area (Å²) in [6.07, 6.45) is 6.38. The number of ether oxygens (including phenoxy) is 1. The largest absolute Gasteiger partial charge is 0.465 e. The van der Waals surface area contributed by atoms with Crippen LogP contribution in [0, 0.1) is 23.7 Å². The van der Waals surface area contributed by atoms with Crippen molar-refractivity contribution in [2.45, 2.75) is 82.4 Å². The maximum Gasteiger partial charge on any atom is 0.310 e. The van der Waals surface area contributed by atoms with Crippen molar-refractivity contribution in [3.8, 4) is 0 Å². The molecule has 3 aliphatic heterocycles. The number of fused-ring (bicyclic) bond motifs is 1. The highest BCUT2D eigenvalue weighted by Gasteiger charge is 2.77. The van der Waals surface area contributed by atoms with Crippen LogP contribution in [0.3, 0.4) is 0 Å². The van der Waals surface area contributed by atoms with Crippen LogP contribution in [-0.4, -0.2) is 82.7 Å². The molecule has 1 N–H and O–H groups in total. The normalized spacial score (nSPS) is 28.4. The topological polar surface area (TPSA) is 90.4 Å². The molecule has 0 aromatic heterocycles. The van der Waals surface area contributed by atoms with Crippen LogP contribution in [0.2, 0.25) is 0 Å². The van der Waals surface area contributed by atoms with Gasteiger partial charge in [0.2, 0.25) is 5.91 Å². The number of allylic oxidation sites excluding steroid dienone is 1. The van der Waals surface area contributed by atoms with Gasteiger partial charge in [-0.3, -0.25) is 14.4 Å². The number of hydrogen-bond acceptors (Lipinski definition) is 7. The molecule has 2 amide bonds. The number of aliphatic hydroxyl groups is 1. The number of unbranched alkanes of at least 4 members (excludes halogenated alkanes) is 1. The van der Waals surface area contributed by atoms with Crippen molar-refractivity contribution < 1.29 is 24.2 Å². The second kappa shape index (κ2) is 14.5. The van der Waals surface area contributed by atoms with Crippen LogP contribution >= 0.6 is 11.8 Å². The zero-order valence-electron chi connectivity index (χ0n) is 27.1. The Morgan fingerprint density at radius 1 is 1.16 bits per heavy atom. The highest BCUT2D eigenvalue weighted by atomic mass is 32.2. The van der Waals surface area contributed by atoms with Crippen LogP contribution in [-0.2, 0) is 19.1 Å². The highest BCUT2D eigenvalue weighted by Crippen LogP contribution is 2.69. The van der Waals surface area contributed by atoms with Gasteiger partial charge in [-0.1, -0.05) is 39.3 Å². The molecule has 0 aliphatic carbocycles. The van der Waals surface area contributed by atoms with Crippen molar-refractivity contribution in [3.63, 3.8) is 0 Å². The Morgan fingerprint density at radius 2 is 1.82 bits per heavy atom. The molecule has 8 atom stereocenters. The van der Waals surface area contributed by atoms with Gasteiger partial charge in [0.05, 0.1) is 35.8 Å². The van der Waals surface area contributed by atoms with E-state index in [2.05, 4.69) is 38.8 Å². The van der Waals surface area contributed by atoms with E-state index < -0.39 is 28.7 Å². The minimum absolute atomic E-state index is 0.0158. The van der Waals surface area contributed by atoms with E-state index in [-0.39, 0.29) is 54.6 Å². The van der Waals surface area contributed by atoms with Crippen molar-refractivity contribution >= 4 is 40.9 Å². The van der Waals surface area contributed by atoms with E-state index in [1.807, 2.05) is 38.1 Å². The van der Waals surface area contributed by atoms with Crippen molar-refractivity contribution in [1.82, 2.24) is 4.90 Å². The molecule has 1 spiro atoms. The Kier molecular flexibility index (Phi) is 11.3. The van der Waals surface area contributed by atoms with Gasteiger partial charge in [0.15, 0.2) is 0 Å². The average molecular weight is 626 g/mol. The molecule has 3 unspecified atom stereocenters. The number of benzene rings is 1. The van der Waals surface area contributed by atoms with Crippen molar-refractivity contribution in [2.75, 3.05) is 42.6 Å². The second-order valence-corrected chi connectivity index (χ2v) is 14.0. The summed E-state index contributed by atoms with van der Waals surface area (Å²) in [5.41, 5.74) is 1.80.